The molecule has 0 saturated heterocycles. The second-order valence-corrected chi connectivity index (χ2v) is 0.752. The molecule has 0 spiro atoms. The van der Waals surface area contributed by atoms with Gasteiger partial charge in [0, 0.05) is 0 Å². The first-order chi connectivity index (χ1) is 2.77. The highest BCUT2D eigenvalue weighted by atomic mass is 28.1. The van der Waals surface area contributed by atoms with Crippen LogP contribution in [0.1, 0.15) is 6.92 Å². The van der Waals surface area contributed by atoms with Gasteiger partial charge in [-0.2, -0.15) is 0 Å². The Morgan fingerprint density at radius 3 is 1.89 bits per heavy atom. The Labute approximate surface area is 63.1 Å². The molecule has 60 valence electrons. The molecule has 4 nitrogen and oxygen atoms in total. The van der Waals surface area contributed by atoms with Crippen molar-refractivity contribution < 1.29 is 15.0 Å². The third-order valence-electron chi connectivity index (χ3n) is 0.287. The molecule has 0 aliphatic rings. The zero-order valence-corrected chi connectivity index (χ0v) is 4.10. The fourth-order valence-electron chi connectivity index (χ4n) is 0.142. The Hall–Kier alpha value is -0.336. The topological polar surface area (TPSA) is 83.8 Å². The normalized spacial score (nSPS) is 5.00. The number of ether oxygens (including phenoxy) is 1. The zero-order chi connectivity index (χ0) is 4.99. The van der Waals surface area contributed by atoms with E-state index in [0.717, 1.165) is 0 Å². The average Bonchev–Trinajstić information content (AvgIpc) is 1.35. The second kappa shape index (κ2) is 15.6. The summed E-state index contributed by atoms with van der Waals surface area (Å²) < 4.78 is 4.18. The molecule has 0 aromatic rings. The monoisotopic (exact) mass is 171 g/mol. The summed E-state index contributed by atoms with van der Waals surface area (Å²) in [7, 11) is 0. The number of nitrogens with two attached hydrogens (primary N) is 1. The minimum Gasteiger partial charge on any atom is -0.450 e. The van der Waals surface area contributed by atoms with Crippen LogP contribution in [-0.2, 0) is 4.74 Å². The van der Waals surface area contributed by atoms with E-state index in [1.807, 2.05) is 0 Å². The van der Waals surface area contributed by atoms with Gasteiger partial charge in [-0.3, -0.25) is 0 Å². The predicted octanol–water partition coefficient (Wildman–Crippen LogP) is -3.63. The van der Waals surface area contributed by atoms with E-state index >= 15 is 0 Å². The number of carbonyl (C=O) groups is 1. The van der Waals surface area contributed by atoms with Crippen molar-refractivity contribution in [2.75, 3.05) is 6.61 Å². The van der Waals surface area contributed by atoms with Crippen LogP contribution in [0.25, 0.3) is 0 Å². The Balaban J connectivity index is -0.0000000417. The van der Waals surface area contributed by atoms with Gasteiger partial charge in [-0.05, 0) is 28.9 Å². The molecule has 0 unspecified atom stereocenters. The highest BCUT2D eigenvalue weighted by Gasteiger charge is 1.82. The fourth-order valence-corrected chi connectivity index (χ4v) is 0.142. The van der Waals surface area contributed by atoms with Crippen molar-refractivity contribution in [1.82, 2.24) is 0 Å². The van der Waals surface area contributed by atoms with Gasteiger partial charge in [0.05, 0.1) is 6.61 Å². The number of rotatable bonds is 1. The summed E-state index contributed by atoms with van der Waals surface area (Å²) in [6.07, 6.45) is -0.711. The molecule has 0 heterocycles. The van der Waals surface area contributed by atoms with Gasteiger partial charge in [0.2, 0.25) is 0 Å². The maximum Gasteiger partial charge on any atom is 0.404 e. The quantitative estimate of drug-likeness (QED) is 0.413. The zero-order valence-electron chi connectivity index (χ0n) is 4.10. The minimum atomic E-state index is -0.711. The van der Waals surface area contributed by atoms with Crippen LogP contribution in [0.4, 0.5) is 4.79 Å². The highest BCUT2D eigenvalue weighted by Crippen LogP contribution is 1.66. The van der Waals surface area contributed by atoms with Crippen molar-refractivity contribution in [3.8, 4) is 0 Å². The molecule has 0 aliphatic heterocycles. The highest BCUT2D eigenvalue weighted by molar-refractivity contribution is 5.76. The largest absolute Gasteiger partial charge is 0.450 e. The van der Waals surface area contributed by atoms with Crippen LogP contribution in [0.15, 0.2) is 0 Å². The Bertz CT molecular complexity index is 61.0. The molecule has 0 aromatic carbocycles. The molecule has 0 bridgehead atoms. The third-order valence-corrected chi connectivity index (χ3v) is 0.287. The Morgan fingerprint density at radius 1 is 1.56 bits per heavy atom. The molecule has 0 radical (unpaired) electrons. The molecule has 1 amide bonds. The van der Waals surface area contributed by atoms with Crippen molar-refractivity contribution in [1.29, 1.82) is 0 Å². The summed E-state index contributed by atoms with van der Waals surface area (Å²) >= 11 is 0. The summed E-state index contributed by atoms with van der Waals surface area (Å²) in [6, 6.07) is 0. The first kappa shape index (κ1) is 23.4. The maximum absolute atomic E-state index is 9.60. The predicted molar refractivity (Wildman–Crippen MR) is 47.5 cm³/mol. The minimum absolute atomic E-state index is 0. The fraction of sp³-hybridized carbons (Fsp3) is 0.667. The lowest BCUT2D eigenvalue weighted by molar-refractivity contribution is 0.163. The van der Waals surface area contributed by atoms with Gasteiger partial charge in [-0.25, -0.2) is 4.79 Å². The van der Waals surface area contributed by atoms with Crippen LogP contribution in [0.2, 0.25) is 0 Å². The van der Waals surface area contributed by atoms with Crippen LogP contribution in [0.5, 0.6) is 0 Å². The van der Waals surface area contributed by atoms with Crippen LogP contribution >= 0.6 is 0 Å². The van der Waals surface area contributed by atoms with Gasteiger partial charge >= 0.3 is 6.09 Å². The lowest BCUT2D eigenvalue weighted by Crippen LogP contribution is -2.11. The standard InChI is InChI=1S/C3H7NO2.H2O.2H4Si/c1-2-6-3(4)5;;;/h2H2,1H3,(H2,4,5);1H2;2*1H4. The van der Waals surface area contributed by atoms with Gasteiger partial charge < -0.3 is 15.9 Å². The van der Waals surface area contributed by atoms with E-state index in [-0.39, 0.29) is 27.4 Å². The van der Waals surface area contributed by atoms with Crippen LogP contribution < -0.4 is 5.73 Å². The number of hydrogen-bond acceptors (Lipinski definition) is 2. The van der Waals surface area contributed by atoms with Gasteiger partial charge in [0.25, 0.3) is 0 Å². The number of amides is 1. The second-order valence-electron chi connectivity index (χ2n) is 0.752. The van der Waals surface area contributed by atoms with Gasteiger partial charge in [0.1, 0.15) is 0 Å². The lowest BCUT2D eigenvalue weighted by atomic mass is 10.9. The molecule has 0 aliphatic carbocycles. The van der Waals surface area contributed by atoms with Gasteiger partial charge in [-0.15, -0.1) is 0 Å². The summed E-state index contributed by atoms with van der Waals surface area (Å²) in [4.78, 5) is 9.60. The molecule has 0 aromatic heterocycles. The van der Waals surface area contributed by atoms with E-state index in [1.165, 1.54) is 0 Å². The van der Waals surface area contributed by atoms with E-state index in [0.29, 0.717) is 6.61 Å². The molecular weight excluding hydrogens is 154 g/mol. The van der Waals surface area contributed by atoms with E-state index in [9.17, 15) is 4.79 Å². The molecule has 0 atom stereocenters. The van der Waals surface area contributed by atoms with Crippen molar-refractivity contribution in [2.24, 2.45) is 5.73 Å². The summed E-state index contributed by atoms with van der Waals surface area (Å²) in [5.74, 6) is 0. The Kier molecular flexibility index (Phi) is 40.7. The van der Waals surface area contributed by atoms with Crippen LogP contribution in [0, 0.1) is 0 Å². The first-order valence-electron chi connectivity index (χ1n) is 1.69. The molecule has 6 heteroatoms. The van der Waals surface area contributed by atoms with E-state index < -0.39 is 6.09 Å². The van der Waals surface area contributed by atoms with Crippen molar-refractivity contribution in [3.63, 3.8) is 0 Å². The van der Waals surface area contributed by atoms with E-state index in [4.69, 9.17) is 0 Å². The summed E-state index contributed by atoms with van der Waals surface area (Å²) in [5.41, 5.74) is 4.54. The van der Waals surface area contributed by atoms with Gasteiger partial charge in [-0.1, -0.05) is 0 Å². The first-order valence-corrected chi connectivity index (χ1v) is 1.69. The summed E-state index contributed by atoms with van der Waals surface area (Å²) in [5, 5.41) is 0. The molecule has 0 saturated carbocycles. The molecule has 9 heavy (non-hydrogen) atoms. The van der Waals surface area contributed by atoms with Crippen molar-refractivity contribution in [2.45, 2.75) is 6.92 Å². The number of carbonyl (C=O) groups excluding carboxylic acids is 1. The maximum atomic E-state index is 9.60. The third kappa shape index (κ3) is 34.6. The van der Waals surface area contributed by atoms with Crippen LogP contribution in [-0.4, -0.2) is 40.1 Å². The molecule has 0 fully saturated rings. The SMILES string of the molecule is CCOC(N)=O.O.[SiH4].[SiH4]. The van der Waals surface area contributed by atoms with Crippen molar-refractivity contribution >= 4 is 28.0 Å². The van der Waals surface area contributed by atoms with Crippen LogP contribution in [0.3, 0.4) is 0 Å². The average molecular weight is 171 g/mol. The van der Waals surface area contributed by atoms with E-state index in [1.54, 1.807) is 6.92 Å². The molecule has 0 rings (SSSR count). The smallest absolute Gasteiger partial charge is 0.404 e. The number of primary amides is 1. The van der Waals surface area contributed by atoms with Gasteiger partial charge in [0.15, 0.2) is 0 Å². The van der Waals surface area contributed by atoms with Crippen molar-refractivity contribution in [3.05, 3.63) is 0 Å². The number of hydrogen-bond donors (Lipinski definition) is 1. The van der Waals surface area contributed by atoms with E-state index in [2.05, 4.69) is 10.5 Å². The molecular formula is C3H17NO3Si2. The summed E-state index contributed by atoms with van der Waals surface area (Å²) in [6.45, 7) is 2.06. The lowest BCUT2D eigenvalue weighted by Gasteiger charge is -1.89. The Morgan fingerprint density at radius 2 is 1.89 bits per heavy atom. The molecule has 4 N–H and O–H groups in total.